The van der Waals surface area contributed by atoms with E-state index in [1.165, 1.54) is 11.3 Å². The predicted octanol–water partition coefficient (Wildman–Crippen LogP) is 4.89. The number of ketones is 1. The van der Waals surface area contributed by atoms with E-state index in [0.29, 0.717) is 24.6 Å². The Morgan fingerprint density at radius 3 is 2.67 bits per heavy atom. The number of aromatic nitrogens is 6. The van der Waals surface area contributed by atoms with Crippen LogP contribution in [0, 0.1) is 6.92 Å². The summed E-state index contributed by atoms with van der Waals surface area (Å²) in [6, 6.07) is 8.07. The van der Waals surface area contributed by atoms with Gasteiger partial charge in [-0.1, -0.05) is 38.1 Å². The molecule has 33 heavy (non-hydrogen) atoms. The van der Waals surface area contributed by atoms with Crippen LogP contribution in [0.25, 0.3) is 11.3 Å². The van der Waals surface area contributed by atoms with Crippen LogP contribution in [0.2, 0.25) is 0 Å². The van der Waals surface area contributed by atoms with Crippen molar-refractivity contribution in [3.63, 3.8) is 0 Å². The molecule has 0 aliphatic rings. The lowest BCUT2D eigenvalue weighted by molar-refractivity contribution is 0.0986. The van der Waals surface area contributed by atoms with Gasteiger partial charge in [0.25, 0.3) is 0 Å². The van der Waals surface area contributed by atoms with Crippen LogP contribution in [0.1, 0.15) is 53.0 Å². The first-order valence-electron chi connectivity index (χ1n) is 10.7. The Balaban J connectivity index is 1.43. The molecule has 0 aliphatic heterocycles. The lowest BCUT2D eigenvalue weighted by atomic mass is 9.98. The minimum atomic E-state index is -0.0412. The van der Waals surface area contributed by atoms with Crippen molar-refractivity contribution in [1.29, 1.82) is 0 Å². The zero-order valence-electron chi connectivity index (χ0n) is 19.5. The fourth-order valence-electron chi connectivity index (χ4n) is 3.36. The summed E-state index contributed by atoms with van der Waals surface area (Å²) in [7, 11) is 1.80. The van der Waals surface area contributed by atoms with E-state index in [0.717, 1.165) is 32.3 Å². The molecule has 1 aromatic carbocycles. The van der Waals surface area contributed by atoms with Crippen LogP contribution in [-0.2, 0) is 18.9 Å². The van der Waals surface area contributed by atoms with Crippen molar-refractivity contribution in [3.8, 4) is 11.3 Å². The summed E-state index contributed by atoms with van der Waals surface area (Å²) in [6.45, 7) is 8.39. The second-order valence-corrected chi connectivity index (χ2v) is 10.0. The number of nitrogens with zero attached hydrogens (tertiary/aromatic N) is 6. The smallest absolute Gasteiger partial charge is 0.228 e. The number of carbonyl (C=O) groups excluding carboxylic acids is 1. The normalized spacial score (nSPS) is 11.5. The summed E-state index contributed by atoms with van der Waals surface area (Å²) in [5.41, 5.74) is 4.04. The molecule has 4 aromatic rings. The largest absolute Gasteiger partial charge is 0.306 e. The van der Waals surface area contributed by atoms with E-state index in [1.54, 1.807) is 30.3 Å². The maximum Gasteiger partial charge on any atom is 0.228 e. The number of Topliss-reactive ketones (excluding diaryl/α,β-unsaturated/α-hetero) is 1. The minimum Gasteiger partial charge on any atom is -0.306 e. The van der Waals surface area contributed by atoms with Gasteiger partial charge in [0, 0.05) is 36.8 Å². The maximum atomic E-state index is 12.7. The molecule has 1 N–H and O–H groups in total. The van der Waals surface area contributed by atoms with Crippen molar-refractivity contribution in [2.24, 2.45) is 7.05 Å². The first kappa shape index (κ1) is 22.7. The van der Waals surface area contributed by atoms with Gasteiger partial charge in [0.2, 0.25) is 5.95 Å². The molecule has 0 saturated carbocycles. The van der Waals surface area contributed by atoms with E-state index in [-0.39, 0.29) is 11.2 Å². The average Bonchev–Trinajstić information content (AvgIpc) is 3.42. The van der Waals surface area contributed by atoms with Crippen LogP contribution in [-0.4, -0.2) is 35.7 Å². The van der Waals surface area contributed by atoms with Gasteiger partial charge in [-0.05, 0) is 36.6 Å². The van der Waals surface area contributed by atoms with Crippen molar-refractivity contribution >= 4 is 28.9 Å². The third kappa shape index (κ3) is 5.48. The lowest BCUT2D eigenvalue weighted by Crippen LogP contribution is -2.09. The van der Waals surface area contributed by atoms with E-state index in [4.69, 9.17) is 0 Å². The van der Waals surface area contributed by atoms with Gasteiger partial charge in [-0.3, -0.25) is 9.48 Å². The molecule has 0 spiro atoms. The summed E-state index contributed by atoms with van der Waals surface area (Å²) in [6.07, 6.45) is 6.34. The molecular weight excluding hydrogens is 434 g/mol. The Hall–Kier alpha value is -3.46. The standard InChI is InChI=1S/C24H27N7OS/c1-15-12-17(18-10-11-25-23(27-18)28-21-14-31(5)30-29-21)7-6-16(15)8-9-19(32)20-13-26-22(33-20)24(2,3)4/h6-7,10-14H,8-9H2,1-5H3,(H,25,27,28). The number of anilines is 2. The van der Waals surface area contributed by atoms with Gasteiger partial charge in [-0.25, -0.2) is 15.0 Å². The number of rotatable bonds is 7. The van der Waals surface area contributed by atoms with Crippen molar-refractivity contribution in [3.05, 3.63) is 63.9 Å². The predicted molar refractivity (Wildman–Crippen MR) is 130 cm³/mol. The Morgan fingerprint density at radius 2 is 2.00 bits per heavy atom. The molecule has 0 atom stereocenters. The zero-order valence-corrected chi connectivity index (χ0v) is 20.3. The van der Waals surface area contributed by atoms with Gasteiger partial charge in [-0.2, -0.15) is 0 Å². The molecular formula is C24H27N7OS. The summed E-state index contributed by atoms with van der Waals surface area (Å²) in [5, 5.41) is 11.9. The van der Waals surface area contributed by atoms with Crippen LogP contribution in [0.4, 0.5) is 11.8 Å². The minimum absolute atomic E-state index is 0.0412. The Morgan fingerprint density at radius 1 is 1.18 bits per heavy atom. The van der Waals surface area contributed by atoms with Crippen molar-refractivity contribution in [1.82, 2.24) is 29.9 Å². The highest BCUT2D eigenvalue weighted by Crippen LogP contribution is 2.28. The Bertz CT molecular complexity index is 1290. The van der Waals surface area contributed by atoms with E-state index in [9.17, 15) is 4.79 Å². The number of carbonyl (C=O) groups is 1. The SMILES string of the molecule is Cc1cc(-c2ccnc(Nc3cn(C)nn3)n2)ccc1CCC(=O)c1cnc(C(C)(C)C)s1. The van der Waals surface area contributed by atoms with E-state index in [2.05, 4.69) is 70.4 Å². The molecule has 0 saturated heterocycles. The van der Waals surface area contributed by atoms with Crippen LogP contribution < -0.4 is 5.32 Å². The molecule has 0 radical (unpaired) electrons. The summed E-state index contributed by atoms with van der Waals surface area (Å²) >= 11 is 1.50. The third-order valence-electron chi connectivity index (χ3n) is 5.18. The van der Waals surface area contributed by atoms with Gasteiger partial charge in [0.05, 0.1) is 21.8 Å². The van der Waals surface area contributed by atoms with E-state index < -0.39 is 0 Å². The highest BCUT2D eigenvalue weighted by Gasteiger charge is 2.20. The van der Waals surface area contributed by atoms with E-state index in [1.807, 2.05) is 12.1 Å². The number of nitrogens with one attached hydrogen (secondary N) is 1. The third-order valence-corrected chi connectivity index (χ3v) is 6.64. The lowest BCUT2D eigenvalue weighted by Gasteiger charge is -2.13. The first-order valence-corrected chi connectivity index (χ1v) is 11.6. The molecule has 0 aliphatic carbocycles. The highest BCUT2D eigenvalue weighted by atomic mass is 32.1. The zero-order chi connectivity index (χ0) is 23.6. The molecule has 0 fully saturated rings. The second kappa shape index (κ2) is 9.19. The number of thiazole rings is 1. The molecule has 8 nitrogen and oxygen atoms in total. The number of hydrogen-bond donors (Lipinski definition) is 1. The molecule has 3 aromatic heterocycles. The monoisotopic (exact) mass is 461 g/mol. The van der Waals surface area contributed by atoms with Crippen molar-refractivity contribution < 1.29 is 4.79 Å². The summed E-state index contributed by atoms with van der Waals surface area (Å²) < 4.78 is 1.61. The number of aryl methyl sites for hydroxylation is 3. The van der Waals surface area contributed by atoms with Crippen LogP contribution >= 0.6 is 11.3 Å². The second-order valence-electron chi connectivity index (χ2n) is 9.01. The van der Waals surface area contributed by atoms with Gasteiger partial charge < -0.3 is 5.32 Å². The molecule has 9 heteroatoms. The Kier molecular flexibility index (Phi) is 6.33. The highest BCUT2D eigenvalue weighted by molar-refractivity contribution is 7.13. The topological polar surface area (TPSA) is 98.5 Å². The van der Waals surface area contributed by atoms with Gasteiger partial charge in [0.1, 0.15) is 0 Å². The van der Waals surface area contributed by atoms with Crippen molar-refractivity contribution in [2.45, 2.75) is 46.0 Å². The van der Waals surface area contributed by atoms with Gasteiger partial charge in [0.15, 0.2) is 11.6 Å². The fraction of sp³-hybridized carbons (Fsp3) is 0.333. The summed E-state index contributed by atoms with van der Waals surface area (Å²) in [5.74, 6) is 1.18. The number of hydrogen-bond acceptors (Lipinski definition) is 8. The van der Waals surface area contributed by atoms with Crippen LogP contribution in [0.5, 0.6) is 0 Å². The van der Waals surface area contributed by atoms with Gasteiger partial charge in [-0.15, -0.1) is 16.4 Å². The summed E-state index contributed by atoms with van der Waals surface area (Å²) in [4.78, 5) is 26.7. The van der Waals surface area contributed by atoms with E-state index >= 15 is 0 Å². The molecule has 3 heterocycles. The molecule has 0 bridgehead atoms. The number of benzene rings is 1. The molecule has 0 amide bonds. The molecule has 170 valence electrons. The first-order chi connectivity index (χ1) is 15.7. The quantitative estimate of drug-likeness (QED) is 0.391. The van der Waals surface area contributed by atoms with Crippen LogP contribution in [0.3, 0.4) is 0 Å². The van der Waals surface area contributed by atoms with Crippen LogP contribution in [0.15, 0.2) is 42.9 Å². The average molecular weight is 462 g/mol. The fourth-order valence-corrected chi connectivity index (χ4v) is 4.30. The maximum absolute atomic E-state index is 12.7. The van der Waals surface area contributed by atoms with Crippen molar-refractivity contribution in [2.75, 3.05) is 5.32 Å². The Labute approximate surface area is 197 Å². The molecule has 0 unspecified atom stereocenters. The molecule has 4 rings (SSSR count). The van der Waals surface area contributed by atoms with Gasteiger partial charge >= 0.3 is 0 Å².